The van der Waals surface area contributed by atoms with E-state index in [1.54, 1.807) is 0 Å². The molecular formula is C21H25NO2. The molecule has 3 rings (SSSR count). The maximum Gasteiger partial charge on any atom is 0.229 e. The molecule has 3 heteroatoms. The van der Waals surface area contributed by atoms with Crippen LogP contribution >= 0.6 is 0 Å². The van der Waals surface area contributed by atoms with Crippen LogP contribution in [0.1, 0.15) is 48.3 Å². The van der Waals surface area contributed by atoms with Gasteiger partial charge in [-0.2, -0.15) is 0 Å². The van der Waals surface area contributed by atoms with Crippen molar-refractivity contribution in [3.63, 3.8) is 0 Å². The molecule has 24 heavy (non-hydrogen) atoms. The second-order valence-electron chi connectivity index (χ2n) is 6.59. The van der Waals surface area contributed by atoms with E-state index in [9.17, 15) is 9.90 Å². The molecule has 1 saturated heterocycles. The van der Waals surface area contributed by atoms with Gasteiger partial charge in [0, 0.05) is 13.1 Å². The van der Waals surface area contributed by atoms with Gasteiger partial charge in [-0.3, -0.25) is 4.79 Å². The quantitative estimate of drug-likeness (QED) is 0.932. The van der Waals surface area contributed by atoms with Crippen LogP contribution in [0.3, 0.4) is 0 Å². The van der Waals surface area contributed by atoms with Gasteiger partial charge in [0.2, 0.25) is 5.91 Å². The van der Waals surface area contributed by atoms with Crippen molar-refractivity contribution >= 4 is 5.91 Å². The fraction of sp³-hybridized carbons (Fsp3) is 0.381. The highest BCUT2D eigenvalue weighted by Crippen LogP contribution is 2.31. The van der Waals surface area contributed by atoms with E-state index in [4.69, 9.17) is 0 Å². The molecule has 2 aromatic rings. The minimum absolute atomic E-state index is 0.0837. The smallest absolute Gasteiger partial charge is 0.229 e. The van der Waals surface area contributed by atoms with E-state index in [0.29, 0.717) is 5.92 Å². The minimum Gasteiger partial charge on any atom is -0.392 e. The van der Waals surface area contributed by atoms with Crippen LogP contribution in [-0.4, -0.2) is 29.0 Å². The van der Waals surface area contributed by atoms with Gasteiger partial charge in [-0.25, -0.2) is 0 Å². The number of aliphatic hydroxyl groups is 1. The maximum atomic E-state index is 12.8. The number of rotatable bonds is 4. The summed E-state index contributed by atoms with van der Waals surface area (Å²) < 4.78 is 0. The first-order valence-electron chi connectivity index (χ1n) is 8.73. The lowest BCUT2D eigenvalue weighted by Gasteiger charge is -2.34. The van der Waals surface area contributed by atoms with Gasteiger partial charge in [-0.1, -0.05) is 54.6 Å². The number of carbonyl (C=O) groups excluding carboxylic acids is 1. The topological polar surface area (TPSA) is 40.5 Å². The van der Waals surface area contributed by atoms with Crippen LogP contribution in [0.25, 0.3) is 0 Å². The second-order valence-corrected chi connectivity index (χ2v) is 6.59. The van der Waals surface area contributed by atoms with Crippen molar-refractivity contribution in [2.75, 3.05) is 13.1 Å². The summed E-state index contributed by atoms with van der Waals surface area (Å²) in [6.45, 7) is 3.66. The number of hydrogen-bond acceptors (Lipinski definition) is 2. The Bertz CT molecular complexity index is 675. The molecule has 0 radical (unpaired) electrons. The summed E-state index contributed by atoms with van der Waals surface area (Å²) >= 11 is 0. The first-order valence-corrected chi connectivity index (χ1v) is 8.73. The molecule has 1 N–H and O–H groups in total. The number of amides is 1. The lowest BCUT2D eigenvalue weighted by Crippen LogP contribution is -2.40. The van der Waals surface area contributed by atoms with E-state index in [0.717, 1.165) is 37.1 Å². The Morgan fingerprint density at radius 1 is 1.08 bits per heavy atom. The van der Waals surface area contributed by atoms with Crippen molar-refractivity contribution in [3.05, 3.63) is 71.3 Å². The predicted molar refractivity (Wildman–Crippen MR) is 95.8 cm³/mol. The van der Waals surface area contributed by atoms with E-state index < -0.39 is 0 Å². The molecule has 1 aliphatic heterocycles. The van der Waals surface area contributed by atoms with Crippen LogP contribution in [0.4, 0.5) is 0 Å². The number of nitrogens with zero attached hydrogens (tertiary/aromatic N) is 1. The van der Waals surface area contributed by atoms with Crippen LogP contribution in [0.5, 0.6) is 0 Å². The zero-order valence-corrected chi connectivity index (χ0v) is 14.2. The van der Waals surface area contributed by atoms with Crippen molar-refractivity contribution in [1.29, 1.82) is 0 Å². The maximum absolute atomic E-state index is 12.8. The lowest BCUT2D eigenvalue weighted by molar-refractivity contribution is -0.133. The third-order valence-corrected chi connectivity index (χ3v) is 5.14. The number of aliphatic hydroxyl groups excluding tert-OH is 1. The van der Waals surface area contributed by atoms with Gasteiger partial charge < -0.3 is 10.0 Å². The summed E-state index contributed by atoms with van der Waals surface area (Å²) in [7, 11) is 0. The highest BCUT2D eigenvalue weighted by molar-refractivity contribution is 5.83. The van der Waals surface area contributed by atoms with E-state index in [1.807, 2.05) is 60.4 Å². The summed E-state index contributed by atoms with van der Waals surface area (Å²) in [6, 6.07) is 18.1. The molecule has 1 aliphatic rings. The fourth-order valence-corrected chi connectivity index (χ4v) is 3.65. The Balaban J connectivity index is 1.63. The highest BCUT2D eigenvalue weighted by atomic mass is 16.3. The standard InChI is InChI=1S/C21H25NO2/c1-16(17-7-3-2-4-8-17)21(24)22-13-11-18(12-14-22)20-10-6-5-9-19(20)15-23/h2-10,16,18,23H,11-15H2,1H3/t16-/m1/s1. The van der Waals surface area contributed by atoms with Gasteiger partial charge in [0.05, 0.1) is 12.5 Å². The van der Waals surface area contributed by atoms with Crippen molar-refractivity contribution < 1.29 is 9.90 Å². The normalized spacial score (nSPS) is 16.8. The Kier molecular flexibility index (Phi) is 5.31. The fourth-order valence-electron chi connectivity index (χ4n) is 3.65. The van der Waals surface area contributed by atoms with Gasteiger partial charge in [0.1, 0.15) is 0 Å². The molecule has 1 amide bonds. The monoisotopic (exact) mass is 323 g/mol. The number of carbonyl (C=O) groups is 1. The molecule has 0 spiro atoms. The van der Waals surface area contributed by atoms with Crippen LogP contribution in [0.2, 0.25) is 0 Å². The molecule has 3 nitrogen and oxygen atoms in total. The summed E-state index contributed by atoms with van der Waals surface area (Å²) in [5.41, 5.74) is 3.33. The van der Waals surface area contributed by atoms with Gasteiger partial charge in [-0.05, 0) is 42.4 Å². The molecule has 0 saturated carbocycles. The molecule has 1 heterocycles. The number of hydrogen-bond donors (Lipinski definition) is 1. The molecular weight excluding hydrogens is 298 g/mol. The summed E-state index contributed by atoms with van der Waals surface area (Å²) in [4.78, 5) is 14.7. The summed E-state index contributed by atoms with van der Waals surface area (Å²) in [5.74, 6) is 0.562. The van der Waals surface area contributed by atoms with Crippen molar-refractivity contribution in [3.8, 4) is 0 Å². The zero-order chi connectivity index (χ0) is 16.9. The van der Waals surface area contributed by atoms with Crippen LogP contribution < -0.4 is 0 Å². The Labute approximate surface area is 143 Å². The average Bonchev–Trinajstić information content (AvgIpc) is 2.67. The van der Waals surface area contributed by atoms with E-state index in [-0.39, 0.29) is 18.4 Å². The van der Waals surface area contributed by atoms with Crippen LogP contribution in [-0.2, 0) is 11.4 Å². The van der Waals surface area contributed by atoms with Crippen molar-refractivity contribution in [2.24, 2.45) is 0 Å². The summed E-state index contributed by atoms with van der Waals surface area (Å²) in [5, 5.41) is 9.52. The largest absolute Gasteiger partial charge is 0.392 e. The van der Waals surface area contributed by atoms with Crippen molar-refractivity contribution in [1.82, 2.24) is 4.90 Å². The van der Waals surface area contributed by atoms with Gasteiger partial charge in [0.15, 0.2) is 0 Å². The molecule has 2 aromatic carbocycles. The molecule has 0 aromatic heterocycles. The molecule has 0 aliphatic carbocycles. The predicted octanol–water partition coefficient (Wildman–Crippen LogP) is 3.69. The van der Waals surface area contributed by atoms with E-state index >= 15 is 0 Å². The summed E-state index contributed by atoms with van der Waals surface area (Å²) in [6.07, 6.45) is 1.93. The van der Waals surface area contributed by atoms with Gasteiger partial charge in [0.25, 0.3) is 0 Å². The molecule has 0 unspecified atom stereocenters. The molecule has 1 atom stereocenters. The van der Waals surface area contributed by atoms with Crippen molar-refractivity contribution in [2.45, 2.75) is 38.2 Å². The Morgan fingerprint density at radius 2 is 1.71 bits per heavy atom. The third-order valence-electron chi connectivity index (χ3n) is 5.14. The lowest BCUT2D eigenvalue weighted by atomic mass is 9.86. The van der Waals surface area contributed by atoms with Crippen LogP contribution in [0.15, 0.2) is 54.6 Å². The number of piperidine rings is 1. The Hall–Kier alpha value is -2.13. The van der Waals surface area contributed by atoms with Gasteiger partial charge in [-0.15, -0.1) is 0 Å². The Morgan fingerprint density at radius 3 is 2.38 bits per heavy atom. The minimum atomic E-state index is -0.0903. The first kappa shape index (κ1) is 16.7. The average molecular weight is 323 g/mol. The zero-order valence-electron chi connectivity index (χ0n) is 14.2. The first-order chi connectivity index (χ1) is 11.7. The second kappa shape index (κ2) is 7.63. The molecule has 0 bridgehead atoms. The third kappa shape index (κ3) is 3.51. The molecule has 1 fully saturated rings. The number of benzene rings is 2. The van der Waals surface area contributed by atoms with E-state index in [2.05, 4.69) is 6.07 Å². The number of likely N-dealkylation sites (tertiary alicyclic amines) is 1. The highest BCUT2D eigenvalue weighted by Gasteiger charge is 2.28. The van der Waals surface area contributed by atoms with Crippen LogP contribution in [0, 0.1) is 0 Å². The van der Waals surface area contributed by atoms with Gasteiger partial charge >= 0.3 is 0 Å². The molecule has 126 valence electrons. The SMILES string of the molecule is C[C@@H](C(=O)N1CCC(c2ccccc2CO)CC1)c1ccccc1. The van der Waals surface area contributed by atoms with E-state index in [1.165, 1.54) is 5.56 Å².